The third kappa shape index (κ3) is 4.77. The first kappa shape index (κ1) is 22.1. The molecule has 1 aliphatic heterocycles. The van der Waals surface area contributed by atoms with Crippen LogP contribution in [0.1, 0.15) is 36.3 Å². The summed E-state index contributed by atoms with van der Waals surface area (Å²) in [6, 6.07) is 15.3. The van der Waals surface area contributed by atoms with Crippen LogP contribution in [-0.2, 0) is 9.53 Å². The van der Waals surface area contributed by atoms with E-state index in [-0.39, 0.29) is 24.9 Å². The van der Waals surface area contributed by atoms with E-state index >= 15 is 0 Å². The van der Waals surface area contributed by atoms with E-state index in [2.05, 4.69) is 34.9 Å². The van der Waals surface area contributed by atoms with E-state index in [9.17, 15) is 14.7 Å². The van der Waals surface area contributed by atoms with E-state index in [0.29, 0.717) is 12.3 Å². The molecule has 1 aliphatic carbocycles. The molecule has 2 aromatic carbocycles. The number of carbonyl (C=O) groups excluding carboxylic acids is 1. The second-order valence-electron chi connectivity index (χ2n) is 7.79. The highest BCUT2D eigenvalue weighted by molar-refractivity contribution is 5.85. The summed E-state index contributed by atoms with van der Waals surface area (Å²) in [6.45, 7) is 1.96. The molecule has 0 spiro atoms. The summed E-state index contributed by atoms with van der Waals surface area (Å²) >= 11 is 0. The maximum atomic E-state index is 12.4. The third-order valence-electron chi connectivity index (χ3n) is 5.96. The Morgan fingerprint density at radius 2 is 1.60 bits per heavy atom. The number of halogens is 1. The number of hydrogen-bond donors (Lipinski definition) is 3. The summed E-state index contributed by atoms with van der Waals surface area (Å²) in [6.07, 6.45) is 1.61. The number of nitrogens with one attached hydrogen (secondary N) is 2. The first-order chi connectivity index (χ1) is 14.1. The largest absolute Gasteiger partial charge is 0.480 e. The van der Waals surface area contributed by atoms with Crippen molar-refractivity contribution in [2.45, 2.75) is 31.2 Å². The molecule has 7 heteroatoms. The molecule has 0 radical (unpaired) electrons. The summed E-state index contributed by atoms with van der Waals surface area (Å²) in [5.41, 5.74) is 4.58. The quantitative estimate of drug-likeness (QED) is 0.649. The normalized spacial score (nSPS) is 16.7. The zero-order chi connectivity index (χ0) is 20.2. The first-order valence-electron chi connectivity index (χ1n) is 10.2. The Bertz CT molecular complexity index is 853. The Morgan fingerprint density at radius 1 is 1.03 bits per heavy atom. The van der Waals surface area contributed by atoms with Gasteiger partial charge in [-0.15, -0.1) is 12.4 Å². The van der Waals surface area contributed by atoms with Crippen LogP contribution in [0.4, 0.5) is 4.79 Å². The number of carboxylic acids is 1. The van der Waals surface area contributed by atoms with Crippen molar-refractivity contribution >= 4 is 24.5 Å². The second kappa shape index (κ2) is 9.96. The van der Waals surface area contributed by atoms with Gasteiger partial charge < -0.3 is 20.5 Å². The standard InChI is InChI=1S/C23H26N2O4.ClH/c26-22(27)21(13-15-9-11-24-12-10-15)25-23(28)29-14-20-18-7-3-1-5-16(18)17-6-2-4-8-19(17)20;/h1-8,15,20-21,24H,9-14H2,(H,25,28)(H,26,27);1H. The molecule has 1 amide bonds. The summed E-state index contributed by atoms with van der Waals surface area (Å²) in [4.78, 5) is 24.0. The van der Waals surface area contributed by atoms with Gasteiger partial charge in [-0.05, 0) is 60.5 Å². The number of aliphatic carboxylic acids is 1. The predicted molar refractivity (Wildman–Crippen MR) is 117 cm³/mol. The molecule has 0 bridgehead atoms. The number of amides is 1. The van der Waals surface area contributed by atoms with E-state index < -0.39 is 18.1 Å². The molecule has 6 nitrogen and oxygen atoms in total. The van der Waals surface area contributed by atoms with E-state index in [1.807, 2.05) is 24.3 Å². The lowest BCUT2D eigenvalue weighted by Crippen LogP contribution is -2.43. The Kier molecular flexibility index (Phi) is 7.34. The number of benzene rings is 2. The molecule has 1 fully saturated rings. The highest BCUT2D eigenvalue weighted by Gasteiger charge is 2.30. The van der Waals surface area contributed by atoms with Gasteiger partial charge in [0.1, 0.15) is 12.6 Å². The highest BCUT2D eigenvalue weighted by Crippen LogP contribution is 2.44. The van der Waals surface area contributed by atoms with Crippen molar-refractivity contribution in [2.24, 2.45) is 5.92 Å². The lowest BCUT2D eigenvalue weighted by atomic mass is 9.91. The van der Waals surface area contributed by atoms with Gasteiger partial charge in [-0.25, -0.2) is 9.59 Å². The smallest absolute Gasteiger partial charge is 0.407 e. The zero-order valence-corrected chi connectivity index (χ0v) is 17.5. The minimum absolute atomic E-state index is 0. The average Bonchev–Trinajstić information content (AvgIpc) is 3.06. The van der Waals surface area contributed by atoms with Crippen LogP contribution in [0.15, 0.2) is 48.5 Å². The van der Waals surface area contributed by atoms with Gasteiger partial charge in [0.2, 0.25) is 0 Å². The van der Waals surface area contributed by atoms with Gasteiger partial charge in [-0.2, -0.15) is 0 Å². The van der Waals surface area contributed by atoms with Crippen LogP contribution < -0.4 is 10.6 Å². The fourth-order valence-corrected chi connectivity index (χ4v) is 4.45. The van der Waals surface area contributed by atoms with Crippen molar-refractivity contribution in [3.05, 3.63) is 59.7 Å². The topological polar surface area (TPSA) is 87.7 Å². The SMILES string of the molecule is Cl.O=C(NC(CC1CCNCC1)C(=O)O)OCC1c2ccccc2-c2ccccc21. The van der Waals surface area contributed by atoms with Crippen LogP contribution in [0.25, 0.3) is 11.1 Å². The molecule has 30 heavy (non-hydrogen) atoms. The van der Waals surface area contributed by atoms with Crippen LogP contribution in [0.3, 0.4) is 0 Å². The number of fused-ring (bicyclic) bond motifs is 3. The first-order valence-corrected chi connectivity index (χ1v) is 10.2. The number of ether oxygens (including phenoxy) is 1. The van der Waals surface area contributed by atoms with Gasteiger partial charge in [0.25, 0.3) is 0 Å². The van der Waals surface area contributed by atoms with Crippen LogP contribution in [0.2, 0.25) is 0 Å². The molecule has 3 N–H and O–H groups in total. The van der Waals surface area contributed by atoms with Gasteiger partial charge >= 0.3 is 12.1 Å². The van der Waals surface area contributed by atoms with Crippen molar-refractivity contribution in [1.29, 1.82) is 0 Å². The van der Waals surface area contributed by atoms with Crippen molar-refractivity contribution < 1.29 is 19.4 Å². The molecule has 2 aliphatic rings. The highest BCUT2D eigenvalue weighted by atomic mass is 35.5. The second-order valence-corrected chi connectivity index (χ2v) is 7.79. The maximum absolute atomic E-state index is 12.4. The molecule has 1 atom stereocenters. The zero-order valence-electron chi connectivity index (χ0n) is 16.7. The molecule has 4 rings (SSSR count). The number of carboxylic acid groups (broad SMARTS) is 1. The molecular weight excluding hydrogens is 404 g/mol. The fourth-order valence-electron chi connectivity index (χ4n) is 4.45. The molecule has 2 aromatic rings. The average molecular weight is 431 g/mol. The van der Waals surface area contributed by atoms with E-state index in [1.165, 1.54) is 0 Å². The van der Waals surface area contributed by atoms with Crippen LogP contribution in [0, 0.1) is 5.92 Å². The third-order valence-corrected chi connectivity index (χ3v) is 5.96. The van der Waals surface area contributed by atoms with E-state index in [1.54, 1.807) is 0 Å². The van der Waals surface area contributed by atoms with Gasteiger partial charge in [-0.1, -0.05) is 48.5 Å². The molecule has 1 unspecified atom stereocenters. The number of piperidine rings is 1. The summed E-state index contributed by atoms with van der Waals surface area (Å²) in [7, 11) is 0. The van der Waals surface area contributed by atoms with Crippen molar-refractivity contribution in [2.75, 3.05) is 19.7 Å². The number of hydrogen-bond acceptors (Lipinski definition) is 4. The van der Waals surface area contributed by atoms with Gasteiger partial charge in [-0.3, -0.25) is 0 Å². The minimum Gasteiger partial charge on any atom is -0.480 e. The van der Waals surface area contributed by atoms with Crippen molar-refractivity contribution in [3.8, 4) is 11.1 Å². The maximum Gasteiger partial charge on any atom is 0.407 e. The molecule has 0 aromatic heterocycles. The molecule has 0 saturated carbocycles. The molecule has 1 heterocycles. The molecular formula is C23H27ClN2O4. The summed E-state index contributed by atoms with van der Waals surface area (Å²) in [5.74, 6) is -0.760. The molecule has 1 saturated heterocycles. The summed E-state index contributed by atoms with van der Waals surface area (Å²) in [5, 5.41) is 15.3. The van der Waals surface area contributed by atoms with Crippen LogP contribution >= 0.6 is 12.4 Å². The summed E-state index contributed by atoms with van der Waals surface area (Å²) < 4.78 is 5.48. The Hall–Kier alpha value is -2.57. The fraction of sp³-hybridized carbons (Fsp3) is 0.391. The van der Waals surface area contributed by atoms with E-state index in [0.717, 1.165) is 48.2 Å². The van der Waals surface area contributed by atoms with E-state index in [4.69, 9.17) is 4.74 Å². The van der Waals surface area contributed by atoms with Gasteiger partial charge in [0, 0.05) is 5.92 Å². The Balaban J connectivity index is 0.00000256. The van der Waals surface area contributed by atoms with Crippen LogP contribution in [0.5, 0.6) is 0 Å². The number of carbonyl (C=O) groups is 2. The van der Waals surface area contributed by atoms with Crippen LogP contribution in [-0.4, -0.2) is 42.9 Å². The Morgan fingerprint density at radius 3 is 2.17 bits per heavy atom. The predicted octanol–water partition coefficient (Wildman–Crippen LogP) is 3.79. The van der Waals surface area contributed by atoms with Gasteiger partial charge in [0.05, 0.1) is 0 Å². The Labute approximate surface area is 182 Å². The molecule has 160 valence electrons. The number of alkyl carbamates (subject to hydrolysis) is 1. The minimum atomic E-state index is -1.02. The van der Waals surface area contributed by atoms with Gasteiger partial charge in [0.15, 0.2) is 0 Å². The van der Waals surface area contributed by atoms with Crippen molar-refractivity contribution in [1.82, 2.24) is 10.6 Å². The lowest BCUT2D eigenvalue weighted by molar-refractivity contribution is -0.139. The van der Waals surface area contributed by atoms with Crippen molar-refractivity contribution in [3.63, 3.8) is 0 Å². The number of rotatable bonds is 6. The lowest BCUT2D eigenvalue weighted by Gasteiger charge is -2.25. The monoisotopic (exact) mass is 430 g/mol.